The van der Waals surface area contributed by atoms with Crippen LogP contribution in [0.1, 0.15) is 32.3 Å². The van der Waals surface area contributed by atoms with Gasteiger partial charge < -0.3 is 4.74 Å². The van der Waals surface area contributed by atoms with Crippen LogP contribution >= 0.6 is 0 Å². The molecular formula is C15H21NO2. The lowest BCUT2D eigenvalue weighted by Gasteiger charge is -2.30. The van der Waals surface area contributed by atoms with Crippen molar-refractivity contribution in [2.45, 2.75) is 33.2 Å². The van der Waals surface area contributed by atoms with Gasteiger partial charge in [-0.1, -0.05) is 19.1 Å². The summed E-state index contributed by atoms with van der Waals surface area (Å²) in [4.78, 5) is 13.3. The van der Waals surface area contributed by atoms with Gasteiger partial charge in [-0.15, -0.1) is 0 Å². The molecule has 0 N–H and O–H groups in total. The van der Waals surface area contributed by atoms with Crippen LogP contribution in [0.2, 0.25) is 0 Å². The van der Waals surface area contributed by atoms with Crippen LogP contribution in [0.25, 0.3) is 0 Å². The van der Waals surface area contributed by atoms with E-state index in [4.69, 9.17) is 4.74 Å². The van der Waals surface area contributed by atoms with Crippen LogP contribution < -0.4 is 4.74 Å². The van der Waals surface area contributed by atoms with Crippen LogP contribution in [0.15, 0.2) is 24.3 Å². The number of esters is 1. The summed E-state index contributed by atoms with van der Waals surface area (Å²) in [5.74, 6) is 1.16. The first-order chi connectivity index (χ1) is 8.63. The minimum Gasteiger partial charge on any atom is -0.427 e. The number of likely N-dealkylation sites (tertiary alicyclic amines) is 1. The Hall–Kier alpha value is -1.35. The molecule has 0 saturated carbocycles. The maximum Gasteiger partial charge on any atom is 0.308 e. The topological polar surface area (TPSA) is 29.5 Å². The van der Waals surface area contributed by atoms with Crippen molar-refractivity contribution in [2.24, 2.45) is 5.92 Å². The van der Waals surface area contributed by atoms with Crippen molar-refractivity contribution in [3.05, 3.63) is 29.8 Å². The van der Waals surface area contributed by atoms with Crippen LogP contribution in [-0.4, -0.2) is 24.0 Å². The average molecular weight is 247 g/mol. The van der Waals surface area contributed by atoms with Gasteiger partial charge in [-0.05, 0) is 43.0 Å². The molecule has 1 saturated heterocycles. The van der Waals surface area contributed by atoms with Crippen LogP contribution in [0.5, 0.6) is 5.75 Å². The Morgan fingerprint density at radius 1 is 1.39 bits per heavy atom. The van der Waals surface area contributed by atoms with Crippen molar-refractivity contribution >= 4 is 5.97 Å². The molecule has 3 heteroatoms. The standard InChI is InChI=1S/C15H21NO2/c1-12-4-3-9-16(10-12)11-14-5-7-15(8-6-14)18-13(2)17/h5-8,12H,3-4,9-11H2,1-2H3. The number of carbonyl (C=O) groups is 1. The lowest BCUT2D eigenvalue weighted by molar-refractivity contribution is -0.131. The van der Waals surface area contributed by atoms with E-state index in [1.165, 1.54) is 38.4 Å². The number of piperidine rings is 1. The Morgan fingerprint density at radius 2 is 2.11 bits per heavy atom. The molecule has 1 unspecified atom stereocenters. The van der Waals surface area contributed by atoms with Gasteiger partial charge in [-0.3, -0.25) is 9.69 Å². The Kier molecular flexibility index (Phi) is 4.37. The highest BCUT2D eigenvalue weighted by atomic mass is 16.5. The highest BCUT2D eigenvalue weighted by Gasteiger charge is 2.16. The summed E-state index contributed by atoms with van der Waals surface area (Å²) in [6, 6.07) is 7.81. The summed E-state index contributed by atoms with van der Waals surface area (Å²) >= 11 is 0. The molecule has 98 valence electrons. The van der Waals surface area contributed by atoms with Crippen molar-refractivity contribution in [2.75, 3.05) is 13.1 Å². The van der Waals surface area contributed by atoms with Gasteiger partial charge in [0.15, 0.2) is 0 Å². The largest absolute Gasteiger partial charge is 0.427 e. The smallest absolute Gasteiger partial charge is 0.308 e. The third-order valence-corrected chi connectivity index (χ3v) is 3.33. The summed E-state index contributed by atoms with van der Waals surface area (Å²) in [6.45, 7) is 7.10. The van der Waals surface area contributed by atoms with Crippen molar-refractivity contribution in [1.29, 1.82) is 0 Å². The minimum atomic E-state index is -0.271. The molecule has 0 spiro atoms. The zero-order chi connectivity index (χ0) is 13.0. The van der Waals surface area contributed by atoms with E-state index in [1.54, 1.807) is 0 Å². The first-order valence-electron chi connectivity index (χ1n) is 6.63. The molecule has 1 aliphatic rings. The summed E-state index contributed by atoms with van der Waals surface area (Å²) in [6.07, 6.45) is 2.65. The van der Waals surface area contributed by atoms with Gasteiger partial charge in [0, 0.05) is 20.0 Å². The zero-order valence-corrected chi connectivity index (χ0v) is 11.2. The van der Waals surface area contributed by atoms with Gasteiger partial charge in [0.1, 0.15) is 5.75 Å². The van der Waals surface area contributed by atoms with Gasteiger partial charge in [0.05, 0.1) is 0 Å². The van der Waals surface area contributed by atoms with E-state index in [-0.39, 0.29) is 5.97 Å². The molecule has 2 rings (SSSR count). The summed E-state index contributed by atoms with van der Waals surface area (Å²) < 4.78 is 5.02. The fourth-order valence-electron chi connectivity index (χ4n) is 2.52. The van der Waals surface area contributed by atoms with Gasteiger partial charge in [-0.25, -0.2) is 0 Å². The normalized spacial score (nSPS) is 20.7. The number of hydrogen-bond acceptors (Lipinski definition) is 3. The molecule has 1 fully saturated rings. The minimum absolute atomic E-state index is 0.271. The lowest BCUT2D eigenvalue weighted by Crippen LogP contribution is -2.33. The molecule has 0 bridgehead atoms. The first kappa shape index (κ1) is 13.1. The summed E-state index contributed by atoms with van der Waals surface area (Å²) in [7, 11) is 0. The fraction of sp³-hybridized carbons (Fsp3) is 0.533. The number of rotatable bonds is 3. The van der Waals surface area contributed by atoms with Crippen molar-refractivity contribution < 1.29 is 9.53 Å². The van der Waals surface area contributed by atoms with Crippen molar-refractivity contribution in [3.8, 4) is 5.75 Å². The second kappa shape index (κ2) is 6.01. The number of ether oxygens (including phenoxy) is 1. The van der Waals surface area contributed by atoms with E-state index < -0.39 is 0 Å². The third-order valence-electron chi connectivity index (χ3n) is 3.33. The van der Waals surface area contributed by atoms with Crippen molar-refractivity contribution in [3.63, 3.8) is 0 Å². The van der Waals surface area contributed by atoms with E-state index >= 15 is 0 Å². The molecule has 0 aliphatic carbocycles. The predicted molar refractivity (Wildman–Crippen MR) is 71.4 cm³/mol. The average Bonchev–Trinajstić information content (AvgIpc) is 2.31. The predicted octanol–water partition coefficient (Wildman–Crippen LogP) is 2.84. The van der Waals surface area contributed by atoms with Gasteiger partial charge in [0.25, 0.3) is 0 Å². The molecule has 0 amide bonds. The fourth-order valence-corrected chi connectivity index (χ4v) is 2.52. The van der Waals surface area contributed by atoms with E-state index in [2.05, 4.69) is 11.8 Å². The number of benzene rings is 1. The second-order valence-electron chi connectivity index (χ2n) is 5.22. The maximum absolute atomic E-state index is 10.8. The molecule has 0 aromatic heterocycles. The quantitative estimate of drug-likeness (QED) is 0.607. The molecule has 18 heavy (non-hydrogen) atoms. The zero-order valence-electron chi connectivity index (χ0n) is 11.2. The highest BCUT2D eigenvalue weighted by Crippen LogP contribution is 2.19. The van der Waals surface area contributed by atoms with E-state index in [1.807, 2.05) is 24.3 Å². The Morgan fingerprint density at radius 3 is 2.72 bits per heavy atom. The number of hydrogen-bond donors (Lipinski definition) is 0. The molecule has 1 aromatic rings. The Bertz CT molecular complexity index is 399. The lowest BCUT2D eigenvalue weighted by atomic mass is 10.00. The summed E-state index contributed by atoms with van der Waals surface area (Å²) in [5.41, 5.74) is 1.28. The van der Waals surface area contributed by atoms with Crippen LogP contribution in [-0.2, 0) is 11.3 Å². The molecule has 1 atom stereocenters. The van der Waals surface area contributed by atoms with Crippen LogP contribution in [0, 0.1) is 5.92 Å². The monoisotopic (exact) mass is 247 g/mol. The Balaban J connectivity index is 1.91. The molecule has 3 nitrogen and oxygen atoms in total. The highest BCUT2D eigenvalue weighted by molar-refractivity contribution is 5.69. The first-order valence-corrected chi connectivity index (χ1v) is 6.63. The van der Waals surface area contributed by atoms with E-state index in [9.17, 15) is 4.79 Å². The van der Waals surface area contributed by atoms with Crippen LogP contribution in [0.3, 0.4) is 0 Å². The molecule has 1 aliphatic heterocycles. The van der Waals surface area contributed by atoms with E-state index in [0.717, 1.165) is 12.5 Å². The number of carbonyl (C=O) groups excluding carboxylic acids is 1. The molecular weight excluding hydrogens is 226 g/mol. The Labute approximate surface area is 109 Å². The second-order valence-corrected chi connectivity index (χ2v) is 5.22. The summed E-state index contributed by atoms with van der Waals surface area (Å²) in [5, 5.41) is 0. The van der Waals surface area contributed by atoms with Gasteiger partial charge in [-0.2, -0.15) is 0 Å². The maximum atomic E-state index is 10.8. The molecule has 1 aromatic carbocycles. The van der Waals surface area contributed by atoms with Crippen molar-refractivity contribution in [1.82, 2.24) is 4.90 Å². The molecule has 0 radical (unpaired) electrons. The van der Waals surface area contributed by atoms with Crippen LogP contribution in [0.4, 0.5) is 0 Å². The van der Waals surface area contributed by atoms with Gasteiger partial charge >= 0.3 is 5.97 Å². The van der Waals surface area contributed by atoms with E-state index in [0.29, 0.717) is 5.75 Å². The molecule has 1 heterocycles. The third kappa shape index (κ3) is 3.84. The number of nitrogens with zero attached hydrogens (tertiary/aromatic N) is 1. The van der Waals surface area contributed by atoms with Gasteiger partial charge in [0.2, 0.25) is 0 Å². The SMILES string of the molecule is CC(=O)Oc1ccc(CN2CCCC(C)C2)cc1.